The lowest BCUT2D eigenvalue weighted by atomic mass is 10.1. The lowest BCUT2D eigenvalue weighted by Gasteiger charge is -2.10. The van der Waals surface area contributed by atoms with Gasteiger partial charge in [0.25, 0.3) is 0 Å². The molecule has 9 heteroatoms. The van der Waals surface area contributed by atoms with E-state index in [1.807, 2.05) is 30.5 Å². The molecule has 180 valence electrons. The number of benzene rings is 2. The molecule has 0 bridgehead atoms. The minimum Gasteiger partial charge on any atom is -0.489 e. The molecule has 3 aromatic heterocycles. The number of aromatic nitrogens is 4. The predicted octanol–water partition coefficient (Wildman–Crippen LogP) is 6.36. The Kier molecular flexibility index (Phi) is 6.81. The van der Waals surface area contributed by atoms with Gasteiger partial charge in [-0.2, -0.15) is 0 Å². The number of hydrogen-bond donors (Lipinski definition) is 3. The van der Waals surface area contributed by atoms with Crippen molar-refractivity contribution < 1.29 is 4.74 Å². The van der Waals surface area contributed by atoms with Gasteiger partial charge in [0.1, 0.15) is 18.2 Å². The lowest BCUT2D eigenvalue weighted by molar-refractivity contribution is 0.306. The summed E-state index contributed by atoms with van der Waals surface area (Å²) in [6.45, 7) is 2.23. The molecule has 0 spiro atoms. The number of aromatic amines is 2. The van der Waals surface area contributed by atoms with E-state index in [0.717, 1.165) is 58.5 Å². The first-order valence-electron chi connectivity index (χ1n) is 11.4. The first-order chi connectivity index (χ1) is 17.0. The van der Waals surface area contributed by atoms with Crippen LogP contribution in [0.2, 0.25) is 10.0 Å². The second-order valence-corrected chi connectivity index (χ2v) is 9.50. The van der Waals surface area contributed by atoms with Crippen molar-refractivity contribution in [1.82, 2.24) is 24.8 Å². The van der Waals surface area contributed by atoms with Crippen molar-refractivity contribution in [3.8, 4) is 17.1 Å². The zero-order chi connectivity index (χ0) is 24.4. The summed E-state index contributed by atoms with van der Waals surface area (Å²) >= 11 is 12.5. The number of nitrogens with zero attached hydrogens (tertiary/aromatic N) is 3. The van der Waals surface area contributed by atoms with E-state index in [-0.39, 0.29) is 6.61 Å². The van der Waals surface area contributed by atoms with Gasteiger partial charge >= 0.3 is 0 Å². The van der Waals surface area contributed by atoms with Gasteiger partial charge in [-0.05, 0) is 63.5 Å². The van der Waals surface area contributed by atoms with Crippen molar-refractivity contribution in [3.63, 3.8) is 0 Å². The first kappa shape index (κ1) is 23.5. The molecule has 5 rings (SSSR count). The lowest BCUT2D eigenvalue weighted by Crippen LogP contribution is -2.16. The van der Waals surface area contributed by atoms with Gasteiger partial charge in [0.2, 0.25) is 0 Å². The number of pyridine rings is 1. The Morgan fingerprint density at radius 3 is 2.66 bits per heavy atom. The van der Waals surface area contributed by atoms with Crippen LogP contribution in [-0.4, -0.2) is 52.0 Å². The van der Waals surface area contributed by atoms with Gasteiger partial charge in [0.05, 0.1) is 21.1 Å². The Morgan fingerprint density at radius 1 is 1.03 bits per heavy atom. The number of fused-ring (bicyclic) bond motifs is 2. The molecule has 0 amide bonds. The van der Waals surface area contributed by atoms with Crippen molar-refractivity contribution in [2.45, 2.75) is 13.0 Å². The fourth-order valence-electron chi connectivity index (χ4n) is 3.99. The number of imidazole rings is 1. The van der Waals surface area contributed by atoms with E-state index in [0.29, 0.717) is 21.4 Å². The summed E-state index contributed by atoms with van der Waals surface area (Å²) in [4.78, 5) is 17.8. The minimum atomic E-state index is 0.250. The second kappa shape index (κ2) is 10.2. The normalized spacial score (nSPS) is 11.6. The highest BCUT2D eigenvalue weighted by Gasteiger charge is 2.13. The van der Waals surface area contributed by atoms with Crippen molar-refractivity contribution >= 4 is 50.8 Å². The first-order valence-corrected chi connectivity index (χ1v) is 12.1. The van der Waals surface area contributed by atoms with Crippen LogP contribution in [0.1, 0.15) is 12.0 Å². The number of rotatable bonds is 9. The molecule has 3 N–H and O–H groups in total. The third-order valence-electron chi connectivity index (χ3n) is 5.84. The standard InChI is InChI=1S/C26H26Cl2N6O/c1-34(2)9-3-8-30-16-4-6-24-25(10-16)33-26(32-24)19-12-31-23-7-5-17(11-18(19)23)35-15-20-21(27)13-29-14-22(20)28/h4-7,10-14,30-31H,3,8-9,15H2,1-2H3,(H,32,33). The Labute approximate surface area is 213 Å². The SMILES string of the molecule is CN(C)CCCNc1ccc2nc(-c3c[nH]c4ccc(OCc5c(Cl)cncc5Cl)cc34)[nH]c2c1. The maximum atomic E-state index is 6.23. The Hall–Kier alpha value is -3.26. The molecule has 0 aliphatic heterocycles. The topological polar surface area (TPSA) is 81.9 Å². The monoisotopic (exact) mass is 508 g/mol. The van der Waals surface area contributed by atoms with Gasteiger partial charge in [0, 0.05) is 52.9 Å². The zero-order valence-electron chi connectivity index (χ0n) is 19.5. The molecule has 0 saturated heterocycles. The van der Waals surface area contributed by atoms with Gasteiger partial charge in [-0.15, -0.1) is 0 Å². The maximum absolute atomic E-state index is 6.23. The quantitative estimate of drug-likeness (QED) is 0.202. The minimum absolute atomic E-state index is 0.250. The van der Waals surface area contributed by atoms with Gasteiger partial charge in [-0.3, -0.25) is 4.98 Å². The summed E-state index contributed by atoms with van der Waals surface area (Å²) in [7, 11) is 4.17. The summed E-state index contributed by atoms with van der Waals surface area (Å²) in [6, 6.07) is 12.1. The molecule has 2 aromatic carbocycles. The van der Waals surface area contributed by atoms with E-state index < -0.39 is 0 Å². The van der Waals surface area contributed by atoms with Crippen LogP contribution in [0.25, 0.3) is 33.3 Å². The molecule has 0 aliphatic carbocycles. The average molecular weight is 509 g/mol. The summed E-state index contributed by atoms with van der Waals surface area (Å²) < 4.78 is 6.01. The third kappa shape index (κ3) is 5.22. The van der Waals surface area contributed by atoms with Crippen LogP contribution in [0.5, 0.6) is 5.75 Å². The second-order valence-electron chi connectivity index (χ2n) is 8.68. The van der Waals surface area contributed by atoms with Crippen molar-refractivity contribution in [2.24, 2.45) is 0 Å². The highest BCUT2D eigenvalue weighted by atomic mass is 35.5. The van der Waals surface area contributed by atoms with Crippen LogP contribution < -0.4 is 10.1 Å². The third-order valence-corrected chi connectivity index (χ3v) is 6.49. The molecule has 0 atom stereocenters. The molecule has 5 aromatic rings. The van der Waals surface area contributed by atoms with Crippen LogP contribution in [0.4, 0.5) is 5.69 Å². The Bertz CT molecular complexity index is 1460. The number of ether oxygens (including phenoxy) is 1. The summed E-state index contributed by atoms with van der Waals surface area (Å²) in [5.74, 6) is 1.51. The largest absolute Gasteiger partial charge is 0.489 e. The van der Waals surface area contributed by atoms with Crippen LogP contribution in [0.3, 0.4) is 0 Å². The Morgan fingerprint density at radius 2 is 1.86 bits per heavy atom. The van der Waals surface area contributed by atoms with E-state index in [1.165, 1.54) is 0 Å². The van der Waals surface area contributed by atoms with Crippen LogP contribution in [0.15, 0.2) is 55.0 Å². The summed E-state index contributed by atoms with van der Waals surface area (Å²) in [5, 5.41) is 5.46. The molecule has 3 heterocycles. The van der Waals surface area contributed by atoms with Crippen molar-refractivity contribution in [1.29, 1.82) is 0 Å². The molecule has 35 heavy (non-hydrogen) atoms. The van der Waals surface area contributed by atoms with Crippen molar-refractivity contribution in [3.05, 3.63) is 70.6 Å². The van der Waals surface area contributed by atoms with E-state index >= 15 is 0 Å². The molecule has 0 radical (unpaired) electrons. The number of hydrogen-bond acceptors (Lipinski definition) is 5. The van der Waals surface area contributed by atoms with Crippen LogP contribution in [0, 0.1) is 0 Å². The molecule has 7 nitrogen and oxygen atoms in total. The number of halogens is 2. The number of anilines is 1. The van der Waals surface area contributed by atoms with E-state index in [1.54, 1.807) is 12.4 Å². The zero-order valence-corrected chi connectivity index (χ0v) is 21.0. The van der Waals surface area contributed by atoms with E-state index in [2.05, 4.69) is 51.4 Å². The van der Waals surface area contributed by atoms with Gasteiger partial charge < -0.3 is 24.9 Å². The van der Waals surface area contributed by atoms with Crippen LogP contribution >= 0.6 is 23.2 Å². The maximum Gasteiger partial charge on any atom is 0.140 e. The summed E-state index contributed by atoms with van der Waals surface area (Å²) in [5.41, 5.74) is 5.66. The molecule has 0 unspecified atom stereocenters. The highest BCUT2D eigenvalue weighted by Crippen LogP contribution is 2.32. The molecular formula is C26H26Cl2N6O. The number of nitrogens with one attached hydrogen (secondary N) is 3. The molecular weight excluding hydrogens is 483 g/mol. The number of H-pyrrole nitrogens is 2. The fraction of sp³-hybridized carbons (Fsp3) is 0.231. The van der Waals surface area contributed by atoms with E-state index in [4.69, 9.17) is 32.9 Å². The molecule has 0 fully saturated rings. The van der Waals surface area contributed by atoms with Crippen LogP contribution in [-0.2, 0) is 6.61 Å². The molecule has 0 aliphatic rings. The van der Waals surface area contributed by atoms with Gasteiger partial charge in [-0.25, -0.2) is 4.98 Å². The van der Waals surface area contributed by atoms with Gasteiger partial charge in [0.15, 0.2) is 0 Å². The average Bonchev–Trinajstić information content (AvgIpc) is 3.44. The fourth-order valence-corrected chi connectivity index (χ4v) is 4.47. The van der Waals surface area contributed by atoms with Gasteiger partial charge in [-0.1, -0.05) is 23.2 Å². The van der Waals surface area contributed by atoms with E-state index in [9.17, 15) is 0 Å². The smallest absolute Gasteiger partial charge is 0.140 e. The highest BCUT2D eigenvalue weighted by molar-refractivity contribution is 6.35. The summed E-state index contributed by atoms with van der Waals surface area (Å²) in [6.07, 6.45) is 6.17. The predicted molar refractivity (Wildman–Crippen MR) is 144 cm³/mol. The van der Waals surface area contributed by atoms with Crippen molar-refractivity contribution in [2.75, 3.05) is 32.5 Å². The molecule has 0 saturated carbocycles. The Balaban J connectivity index is 1.36.